The second kappa shape index (κ2) is 4.39. The number of anilines is 1. The van der Waals surface area contributed by atoms with Gasteiger partial charge in [-0.2, -0.15) is 0 Å². The Morgan fingerprint density at radius 2 is 1.89 bits per heavy atom. The third kappa shape index (κ3) is 2.05. The van der Waals surface area contributed by atoms with Gasteiger partial charge in [0.2, 0.25) is 0 Å². The fourth-order valence-corrected chi connectivity index (χ4v) is 2.20. The molecule has 0 aliphatic heterocycles. The molecule has 0 fully saturated rings. The van der Waals surface area contributed by atoms with Crippen molar-refractivity contribution in [3.63, 3.8) is 0 Å². The zero-order chi connectivity index (χ0) is 13.4. The molecule has 0 aliphatic rings. The van der Waals surface area contributed by atoms with E-state index in [1.54, 1.807) is 6.07 Å². The van der Waals surface area contributed by atoms with Crippen molar-refractivity contribution < 1.29 is 4.39 Å². The Hall–Kier alpha value is -2.36. The van der Waals surface area contributed by atoms with Gasteiger partial charge < -0.3 is 10.3 Å². The first-order valence-corrected chi connectivity index (χ1v) is 6.09. The SMILES string of the molecule is Cn1c(Cc2ccc(N)cc2)nc2c(F)cccc21. The van der Waals surface area contributed by atoms with Gasteiger partial charge in [0, 0.05) is 19.2 Å². The monoisotopic (exact) mass is 255 g/mol. The molecule has 3 rings (SSSR count). The molecule has 3 nitrogen and oxygen atoms in total. The first kappa shape index (κ1) is 11.7. The highest BCUT2D eigenvalue weighted by Crippen LogP contribution is 2.20. The first-order valence-electron chi connectivity index (χ1n) is 6.09. The summed E-state index contributed by atoms with van der Waals surface area (Å²) in [5.74, 6) is 0.557. The van der Waals surface area contributed by atoms with Crippen LogP contribution in [0.3, 0.4) is 0 Å². The number of hydrogen-bond donors (Lipinski definition) is 1. The van der Waals surface area contributed by atoms with Crippen LogP contribution in [0.2, 0.25) is 0 Å². The van der Waals surface area contributed by atoms with Crippen molar-refractivity contribution in [2.45, 2.75) is 6.42 Å². The summed E-state index contributed by atoms with van der Waals surface area (Å²) >= 11 is 0. The number of benzene rings is 2. The van der Waals surface area contributed by atoms with Crippen molar-refractivity contribution in [3.8, 4) is 0 Å². The molecule has 0 spiro atoms. The summed E-state index contributed by atoms with van der Waals surface area (Å²) in [6, 6.07) is 12.7. The van der Waals surface area contributed by atoms with Crippen LogP contribution in [0.15, 0.2) is 42.5 Å². The van der Waals surface area contributed by atoms with Crippen LogP contribution in [0, 0.1) is 5.82 Å². The highest BCUT2D eigenvalue weighted by molar-refractivity contribution is 5.76. The van der Waals surface area contributed by atoms with Gasteiger partial charge in [-0.1, -0.05) is 18.2 Å². The molecule has 2 N–H and O–H groups in total. The molecule has 0 radical (unpaired) electrons. The second-order valence-electron chi connectivity index (χ2n) is 4.61. The van der Waals surface area contributed by atoms with E-state index in [0.29, 0.717) is 11.9 Å². The van der Waals surface area contributed by atoms with Gasteiger partial charge in [0.1, 0.15) is 11.3 Å². The van der Waals surface area contributed by atoms with Crippen molar-refractivity contribution >= 4 is 16.7 Å². The van der Waals surface area contributed by atoms with Crippen molar-refractivity contribution in [2.24, 2.45) is 7.05 Å². The molecule has 3 aromatic rings. The Balaban J connectivity index is 2.03. The van der Waals surface area contributed by atoms with E-state index in [4.69, 9.17) is 5.73 Å². The number of aromatic nitrogens is 2. The topological polar surface area (TPSA) is 43.8 Å². The summed E-state index contributed by atoms with van der Waals surface area (Å²) in [6.45, 7) is 0. The highest BCUT2D eigenvalue weighted by atomic mass is 19.1. The number of fused-ring (bicyclic) bond motifs is 1. The van der Waals surface area contributed by atoms with E-state index in [9.17, 15) is 4.39 Å². The van der Waals surface area contributed by atoms with E-state index in [1.165, 1.54) is 6.07 Å². The van der Waals surface area contributed by atoms with Gasteiger partial charge in [-0.3, -0.25) is 0 Å². The fraction of sp³-hybridized carbons (Fsp3) is 0.133. The Morgan fingerprint density at radius 1 is 1.16 bits per heavy atom. The molecule has 0 bridgehead atoms. The van der Waals surface area contributed by atoms with Crippen molar-refractivity contribution in [1.82, 2.24) is 9.55 Å². The Bertz CT molecular complexity index is 729. The number of aryl methyl sites for hydroxylation is 1. The number of nitrogens with two attached hydrogens (primary N) is 1. The van der Waals surface area contributed by atoms with Gasteiger partial charge in [-0.25, -0.2) is 9.37 Å². The Labute approximate surface area is 110 Å². The van der Waals surface area contributed by atoms with Crippen LogP contribution in [0.1, 0.15) is 11.4 Å². The van der Waals surface area contributed by atoms with Gasteiger partial charge in [-0.15, -0.1) is 0 Å². The van der Waals surface area contributed by atoms with Crippen molar-refractivity contribution in [3.05, 3.63) is 59.7 Å². The van der Waals surface area contributed by atoms with Gasteiger partial charge in [0.15, 0.2) is 5.82 Å². The molecule has 96 valence electrons. The maximum absolute atomic E-state index is 13.7. The quantitative estimate of drug-likeness (QED) is 0.715. The van der Waals surface area contributed by atoms with E-state index < -0.39 is 0 Å². The summed E-state index contributed by atoms with van der Waals surface area (Å²) in [4.78, 5) is 4.39. The molecule has 2 aromatic carbocycles. The third-order valence-electron chi connectivity index (χ3n) is 3.30. The lowest BCUT2D eigenvalue weighted by molar-refractivity contribution is 0.637. The second-order valence-corrected chi connectivity index (χ2v) is 4.61. The van der Waals surface area contributed by atoms with Gasteiger partial charge in [0.25, 0.3) is 0 Å². The van der Waals surface area contributed by atoms with E-state index in [-0.39, 0.29) is 5.82 Å². The summed E-state index contributed by atoms with van der Waals surface area (Å²) < 4.78 is 15.6. The number of nitrogens with zero attached hydrogens (tertiary/aromatic N) is 2. The standard InChI is InChI=1S/C15H14FN3/c1-19-13-4-2-3-12(16)15(13)18-14(19)9-10-5-7-11(17)8-6-10/h2-8H,9,17H2,1H3. The van der Waals surface area contributed by atoms with Crippen LogP contribution in [0.4, 0.5) is 10.1 Å². The fourth-order valence-electron chi connectivity index (χ4n) is 2.20. The van der Waals surface area contributed by atoms with Gasteiger partial charge in [0.05, 0.1) is 5.52 Å². The minimum Gasteiger partial charge on any atom is -0.399 e. The molecule has 0 unspecified atom stereocenters. The predicted molar refractivity (Wildman–Crippen MR) is 74.3 cm³/mol. The maximum atomic E-state index is 13.7. The smallest absolute Gasteiger partial charge is 0.151 e. The van der Waals surface area contributed by atoms with Crippen LogP contribution >= 0.6 is 0 Å². The lowest BCUT2D eigenvalue weighted by atomic mass is 10.1. The zero-order valence-corrected chi connectivity index (χ0v) is 10.6. The van der Waals surface area contributed by atoms with E-state index in [0.717, 1.165) is 22.6 Å². The lowest BCUT2D eigenvalue weighted by Crippen LogP contribution is -1.99. The largest absolute Gasteiger partial charge is 0.399 e. The molecule has 0 saturated heterocycles. The van der Waals surface area contributed by atoms with Crippen LogP contribution in [0.25, 0.3) is 11.0 Å². The molecule has 1 aromatic heterocycles. The number of hydrogen-bond acceptors (Lipinski definition) is 2. The average Bonchev–Trinajstić information content (AvgIpc) is 2.72. The molecule has 0 saturated carbocycles. The van der Waals surface area contributed by atoms with Crippen molar-refractivity contribution in [1.29, 1.82) is 0 Å². The predicted octanol–water partition coefficient (Wildman–Crippen LogP) is 2.89. The first-order chi connectivity index (χ1) is 9.15. The molecular weight excluding hydrogens is 241 g/mol. The maximum Gasteiger partial charge on any atom is 0.151 e. The molecule has 4 heteroatoms. The van der Waals surface area contributed by atoms with Crippen LogP contribution in [-0.2, 0) is 13.5 Å². The Morgan fingerprint density at radius 3 is 2.58 bits per heavy atom. The van der Waals surface area contributed by atoms with E-state index >= 15 is 0 Å². The van der Waals surface area contributed by atoms with E-state index in [2.05, 4.69) is 4.98 Å². The minimum absolute atomic E-state index is 0.281. The molecule has 0 atom stereocenters. The van der Waals surface area contributed by atoms with E-state index in [1.807, 2.05) is 41.9 Å². The van der Waals surface area contributed by atoms with Gasteiger partial charge in [-0.05, 0) is 29.8 Å². The van der Waals surface area contributed by atoms with Crippen LogP contribution in [-0.4, -0.2) is 9.55 Å². The van der Waals surface area contributed by atoms with Crippen LogP contribution < -0.4 is 5.73 Å². The number of nitrogen functional groups attached to an aromatic ring is 1. The summed E-state index contributed by atoms with van der Waals surface area (Å²) in [7, 11) is 1.90. The number of rotatable bonds is 2. The molecular formula is C15H14FN3. The van der Waals surface area contributed by atoms with Crippen LogP contribution in [0.5, 0.6) is 0 Å². The average molecular weight is 255 g/mol. The summed E-state index contributed by atoms with van der Waals surface area (Å²) in [6.07, 6.45) is 0.658. The molecule has 1 heterocycles. The molecule has 19 heavy (non-hydrogen) atoms. The Kier molecular flexibility index (Phi) is 2.71. The van der Waals surface area contributed by atoms with Crippen molar-refractivity contribution in [2.75, 3.05) is 5.73 Å². The minimum atomic E-state index is -0.281. The third-order valence-corrected chi connectivity index (χ3v) is 3.30. The number of para-hydroxylation sites is 1. The zero-order valence-electron chi connectivity index (χ0n) is 10.6. The lowest BCUT2D eigenvalue weighted by Gasteiger charge is -2.03. The number of imidazole rings is 1. The highest BCUT2D eigenvalue weighted by Gasteiger charge is 2.11. The summed E-state index contributed by atoms with van der Waals surface area (Å²) in [5, 5.41) is 0. The molecule has 0 amide bonds. The number of halogens is 1. The summed E-state index contributed by atoms with van der Waals surface area (Å²) in [5.41, 5.74) is 8.74. The van der Waals surface area contributed by atoms with Gasteiger partial charge >= 0.3 is 0 Å². The molecule has 0 aliphatic carbocycles. The normalized spacial score (nSPS) is 11.1.